The summed E-state index contributed by atoms with van der Waals surface area (Å²) < 4.78 is 0. The van der Waals surface area contributed by atoms with Crippen LogP contribution in [0.3, 0.4) is 0 Å². The molecule has 1 amide bonds. The highest BCUT2D eigenvalue weighted by Crippen LogP contribution is 2.28. The number of carbonyl (C=O) groups excluding carboxylic acids is 1. The Morgan fingerprint density at radius 2 is 2.05 bits per heavy atom. The molecular weight excluding hydrogens is 238 g/mol. The molecule has 0 aliphatic carbocycles. The lowest BCUT2D eigenvalue weighted by atomic mass is 10.1. The van der Waals surface area contributed by atoms with Crippen molar-refractivity contribution >= 4 is 5.91 Å². The molecule has 0 saturated carbocycles. The van der Waals surface area contributed by atoms with Crippen molar-refractivity contribution in [3.63, 3.8) is 0 Å². The number of benzene rings is 1. The van der Waals surface area contributed by atoms with Crippen molar-refractivity contribution in [2.75, 3.05) is 13.1 Å². The van der Waals surface area contributed by atoms with Crippen molar-refractivity contribution in [2.24, 2.45) is 0 Å². The number of nitrogens with one attached hydrogen (secondary N) is 1. The second-order valence-corrected chi connectivity index (χ2v) is 5.30. The zero-order valence-electron chi connectivity index (χ0n) is 10.8. The average Bonchev–Trinajstić information content (AvgIpc) is 3.04. The second-order valence-electron chi connectivity index (χ2n) is 5.30. The van der Waals surface area contributed by atoms with Crippen LogP contribution in [0.2, 0.25) is 0 Å². The first-order valence-corrected chi connectivity index (χ1v) is 6.83. The highest BCUT2D eigenvalue weighted by molar-refractivity contribution is 5.94. The third kappa shape index (κ3) is 2.34. The lowest BCUT2D eigenvalue weighted by Crippen LogP contribution is -2.42. The molecule has 98 valence electrons. The number of fused-ring (bicyclic) bond motifs is 1. The highest BCUT2D eigenvalue weighted by Gasteiger charge is 2.37. The minimum atomic E-state index is -0.0248. The normalized spacial score (nSPS) is 25.8. The van der Waals surface area contributed by atoms with Crippen molar-refractivity contribution in [3.05, 3.63) is 35.4 Å². The van der Waals surface area contributed by atoms with E-state index in [1.54, 1.807) is 24.3 Å². The molecule has 0 bridgehead atoms. The first kappa shape index (κ1) is 12.2. The summed E-state index contributed by atoms with van der Waals surface area (Å²) in [5, 5.41) is 11.9. The Morgan fingerprint density at radius 1 is 1.26 bits per heavy atom. The Bertz CT molecular complexity index is 517. The van der Waals surface area contributed by atoms with Gasteiger partial charge >= 0.3 is 0 Å². The zero-order chi connectivity index (χ0) is 13.2. The molecule has 19 heavy (non-hydrogen) atoms. The lowest BCUT2D eigenvalue weighted by molar-refractivity contribution is 0.0929. The molecule has 4 nitrogen and oxygen atoms in total. The van der Waals surface area contributed by atoms with Gasteiger partial charge in [-0.2, -0.15) is 5.26 Å². The van der Waals surface area contributed by atoms with E-state index in [1.165, 1.54) is 19.4 Å². The number of rotatable bonds is 2. The fourth-order valence-electron chi connectivity index (χ4n) is 3.20. The van der Waals surface area contributed by atoms with Gasteiger partial charge in [-0.15, -0.1) is 0 Å². The third-order valence-corrected chi connectivity index (χ3v) is 4.20. The van der Waals surface area contributed by atoms with Crippen LogP contribution in [0.15, 0.2) is 24.3 Å². The van der Waals surface area contributed by atoms with Crippen molar-refractivity contribution in [1.29, 1.82) is 5.26 Å². The van der Waals surface area contributed by atoms with Crippen LogP contribution in [0.1, 0.15) is 35.2 Å². The molecule has 1 aromatic rings. The van der Waals surface area contributed by atoms with Gasteiger partial charge in [0.25, 0.3) is 5.91 Å². The molecule has 1 N–H and O–H groups in total. The summed E-state index contributed by atoms with van der Waals surface area (Å²) in [5.74, 6) is -0.0248. The van der Waals surface area contributed by atoms with Gasteiger partial charge in [0.15, 0.2) is 0 Å². The van der Waals surface area contributed by atoms with Crippen LogP contribution in [0, 0.1) is 11.3 Å². The van der Waals surface area contributed by atoms with Crippen molar-refractivity contribution in [3.8, 4) is 6.07 Å². The molecule has 2 aliphatic heterocycles. The Balaban J connectivity index is 1.66. The molecule has 2 unspecified atom stereocenters. The smallest absolute Gasteiger partial charge is 0.251 e. The van der Waals surface area contributed by atoms with Gasteiger partial charge in [-0.3, -0.25) is 9.69 Å². The van der Waals surface area contributed by atoms with Crippen LogP contribution in [-0.4, -0.2) is 36.0 Å². The summed E-state index contributed by atoms with van der Waals surface area (Å²) in [6.07, 6.45) is 3.49. The SMILES string of the molecule is N#Cc1ccc(C(=O)NC2CCN3CCCC23)cc1. The van der Waals surface area contributed by atoms with E-state index in [0.717, 1.165) is 13.0 Å². The molecule has 0 aromatic heterocycles. The number of nitriles is 1. The van der Waals surface area contributed by atoms with Gasteiger partial charge < -0.3 is 5.32 Å². The van der Waals surface area contributed by atoms with Crippen molar-refractivity contribution < 1.29 is 4.79 Å². The molecule has 2 fully saturated rings. The van der Waals surface area contributed by atoms with Gasteiger partial charge in [0, 0.05) is 24.2 Å². The monoisotopic (exact) mass is 255 g/mol. The molecule has 0 radical (unpaired) electrons. The van der Waals surface area contributed by atoms with E-state index in [4.69, 9.17) is 5.26 Å². The minimum absolute atomic E-state index is 0.0248. The summed E-state index contributed by atoms with van der Waals surface area (Å²) in [5.41, 5.74) is 1.22. The van der Waals surface area contributed by atoms with Crippen LogP contribution < -0.4 is 5.32 Å². The number of nitrogens with zero attached hydrogens (tertiary/aromatic N) is 2. The van der Waals surface area contributed by atoms with Crippen LogP contribution in [0.5, 0.6) is 0 Å². The molecule has 2 saturated heterocycles. The number of amides is 1. The van der Waals surface area contributed by atoms with Gasteiger partial charge in [-0.05, 0) is 50.1 Å². The predicted molar refractivity (Wildman–Crippen MR) is 71.6 cm³/mol. The van der Waals surface area contributed by atoms with E-state index >= 15 is 0 Å². The van der Waals surface area contributed by atoms with Crippen LogP contribution >= 0.6 is 0 Å². The quantitative estimate of drug-likeness (QED) is 0.871. The third-order valence-electron chi connectivity index (χ3n) is 4.20. The highest BCUT2D eigenvalue weighted by atomic mass is 16.1. The first-order valence-electron chi connectivity index (χ1n) is 6.83. The molecule has 4 heteroatoms. The maximum atomic E-state index is 12.2. The molecule has 2 aliphatic rings. The van der Waals surface area contributed by atoms with E-state index < -0.39 is 0 Å². The predicted octanol–water partition coefficient (Wildman–Crippen LogP) is 1.52. The fourth-order valence-corrected chi connectivity index (χ4v) is 3.20. The van der Waals surface area contributed by atoms with E-state index in [0.29, 0.717) is 17.2 Å². The van der Waals surface area contributed by atoms with Gasteiger partial charge in [0.1, 0.15) is 0 Å². The number of carbonyl (C=O) groups is 1. The largest absolute Gasteiger partial charge is 0.348 e. The zero-order valence-corrected chi connectivity index (χ0v) is 10.8. The Morgan fingerprint density at radius 3 is 2.79 bits per heavy atom. The lowest BCUT2D eigenvalue weighted by Gasteiger charge is -2.21. The Kier molecular flexibility index (Phi) is 3.22. The summed E-state index contributed by atoms with van der Waals surface area (Å²) in [6.45, 7) is 2.27. The Hall–Kier alpha value is -1.86. The molecular formula is C15H17N3O. The van der Waals surface area contributed by atoms with E-state index in [9.17, 15) is 4.79 Å². The average molecular weight is 255 g/mol. The summed E-state index contributed by atoms with van der Waals surface area (Å²) in [6, 6.07) is 9.68. The summed E-state index contributed by atoms with van der Waals surface area (Å²) in [4.78, 5) is 14.7. The standard InChI is InChI=1S/C15H17N3O/c16-10-11-3-5-12(6-4-11)15(19)17-13-7-9-18-8-1-2-14(13)18/h3-6,13-14H,1-2,7-9H2,(H,17,19). The van der Waals surface area contributed by atoms with E-state index in [-0.39, 0.29) is 11.9 Å². The van der Waals surface area contributed by atoms with Crippen molar-refractivity contribution in [2.45, 2.75) is 31.3 Å². The van der Waals surface area contributed by atoms with E-state index in [2.05, 4.69) is 16.3 Å². The molecule has 0 spiro atoms. The Labute approximate surface area is 113 Å². The minimum Gasteiger partial charge on any atom is -0.348 e. The molecule has 2 heterocycles. The fraction of sp³-hybridized carbons (Fsp3) is 0.467. The first-order chi connectivity index (χ1) is 9.28. The molecule has 3 rings (SSSR count). The van der Waals surface area contributed by atoms with Crippen LogP contribution in [0.25, 0.3) is 0 Å². The van der Waals surface area contributed by atoms with E-state index in [1.807, 2.05) is 0 Å². The maximum Gasteiger partial charge on any atom is 0.251 e. The van der Waals surface area contributed by atoms with Gasteiger partial charge in [0.2, 0.25) is 0 Å². The second kappa shape index (κ2) is 5.02. The van der Waals surface area contributed by atoms with Crippen molar-refractivity contribution in [1.82, 2.24) is 10.2 Å². The summed E-state index contributed by atoms with van der Waals surface area (Å²) in [7, 11) is 0. The van der Waals surface area contributed by atoms with Gasteiger partial charge in [-0.25, -0.2) is 0 Å². The van der Waals surface area contributed by atoms with Crippen LogP contribution in [0.4, 0.5) is 0 Å². The topological polar surface area (TPSA) is 56.1 Å². The molecule has 1 aromatic carbocycles. The maximum absolute atomic E-state index is 12.2. The number of hydrogen-bond donors (Lipinski definition) is 1. The van der Waals surface area contributed by atoms with Crippen LogP contribution in [-0.2, 0) is 0 Å². The van der Waals surface area contributed by atoms with Gasteiger partial charge in [-0.1, -0.05) is 0 Å². The van der Waals surface area contributed by atoms with Gasteiger partial charge in [0.05, 0.1) is 11.6 Å². The number of hydrogen-bond acceptors (Lipinski definition) is 3. The molecule has 2 atom stereocenters. The summed E-state index contributed by atoms with van der Waals surface area (Å²) >= 11 is 0.